The maximum absolute atomic E-state index is 11.2. The summed E-state index contributed by atoms with van der Waals surface area (Å²) in [5.41, 5.74) is 5.30. The fraction of sp³-hybridized carbons (Fsp3) is 0.778. The number of carbonyl (C=O) groups excluding carboxylic acids is 2. The Kier molecular flexibility index (Phi) is 6.43. The van der Waals surface area contributed by atoms with Crippen LogP contribution in [0.15, 0.2) is 0 Å². The number of ether oxygens (including phenoxy) is 3. The van der Waals surface area contributed by atoms with Crippen molar-refractivity contribution in [3.05, 3.63) is 0 Å². The number of aliphatic hydroxyl groups excluding tert-OH is 1. The zero-order chi connectivity index (χ0) is 12.7. The first-order valence-corrected chi connectivity index (χ1v) is 4.86. The maximum atomic E-state index is 11.2. The summed E-state index contributed by atoms with van der Waals surface area (Å²) in [7, 11) is 0. The van der Waals surface area contributed by atoms with Crippen LogP contribution < -0.4 is 5.73 Å². The molecule has 0 heterocycles. The van der Waals surface area contributed by atoms with E-state index in [4.69, 9.17) is 10.8 Å². The lowest BCUT2D eigenvalue weighted by Gasteiger charge is -2.17. The highest BCUT2D eigenvalue weighted by Gasteiger charge is 2.23. The minimum atomic E-state index is -1.17. The molecule has 0 rings (SSSR count). The highest BCUT2D eigenvalue weighted by atomic mass is 16.8. The molecule has 0 saturated heterocycles. The summed E-state index contributed by atoms with van der Waals surface area (Å²) in [6.45, 7) is 4.46. The van der Waals surface area contributed by atoms with Gasteiger partial charge in [-0.1, -0.05) is 0 Å². The Morgan fingerprint density at radius 1 is 1.31 bits per heavy atom. The van der Waals surface area contributed by atoms with Crippen molar-refractivity contribution in [1.82, 2.24) is 0 Å². The van der Waals surface area contributed by atoms with Crippen molar-refractivity contribution >= 4 is 12.1 Å². The SMILES string of the molecule is CCOC(=O)OC(C)OC(=O)C(N)C(C)O. The fourth-order valence-corrected chi connectivity index (χ4v) is 0.751. The monoisotopic (exact) mass is 235 g/mol. The molecule has 0 bridgehead atoms. The first kappa shape index (κ1) is 14.7. The third-order valence-electron chi connectivity index (χ3n) is 1.60. The minimum Gasteiger partial charge on any atom is -0.435 e. The molecule has 0 aliphatic carbocycles. The molecule has 0 amide bonds. The van der Waals surface area contributed by atoms with Gasteiger partial charge in [0, 0.05) is 6.92 Å². The fourth-order valence-electron chi connectivity index (χ4n) is 0.751. The average molecular weight is 235 g/mol. The van der Waals surface area contributed by atoms with Gasteiger partial charge < -0.3 is 25.1 Å². The molecule has 0 aromatic heterocycles. The molecule has 94 valence electrons. The van der Waals surface area contributed by atoms with Gasteiger partial charge in [-0.3, -0.25) is 4.79 Å². The summed E-state index contributed by atoms with van der Waals surface area (Å²) in [6.07, 6.45) is -3.09. The van der Waals surface area contributed by atoms with Gasteiger partial charge in [0.2, 0.25) is 6.29 Å². The predicted molar refractivity (Wildman–Crippen MR) is 53.3 cm³/mol. The normalized spacial score (nSPS) is 15.8. The van der Waals surface area contributed by atoms with Crippen molar-refractivity contribution in [3.63, 3.8) is 0 Å². The molecule has 7 nitrogen and oxygen atoms in total. The second-order valence-corrected chi connectivity index (χ2v) is 3.07. The molecule has 7 heteroatoms. The molecular formula is C9H17NO6. The summed E-state index contributed by atoms with van der Waals surface area (Å²) in [4.78, 5) is 22.0. The van der Waals surface area contributed by atoms with E-state index in [9.17, 15) is 9.59 Å². The number of aliphatic hydroxyl groups is 1. The number of esters is 1. The number of carbonyl (C=O) groups is 2. The topological polar surface area (TPSA) is 108 Å². The molecule has 3 unspecified atom stereocenters. The van der Waals surface area contributed by atoms with Crippen LogP contribution in [0.2, 0.25) is 0 Å². The van der Waals surface area contributed by atoms with Gasteiger partial charge in [-0.25, -0.2) is 4.79 Å². The second kappa shape index (κ2) is 7.02. The van der Waals surface area contributed by atoms with E-state index in [1.54, 1.807) is 6.92 Å². The number of hydrogen-bond acceptors (Lipinski definition) is 7. The minimum absolute atomic E-state index is 0.159. The smallest absolute Gasteiger partial charge is 0.435 e. The van der Waals surface area contributed by atoms with E-state index in [2.05, 4.69) is 14.2 Å². The van der Waals surface area contributed by atoms with Crippen molar-refractivity contribution in [2.45, 2.75) is 39.2 Å². The molecule has 0 aromatic rings. The number of rotatable bonds is 5. The van der Waals surface area contributed by atoms with E-state index in [0.717, 1.165) is 0 Å². The lowest BCUT2D eigenvalue weighted by atomic mass is 10.2. The number of hydrogen-bond donors (Lipinski definition) is 2. The van der Waals surface area contributed by atoms with Gasteiger partial charge in [0.25, 0.3) is 0 Å². The Morgan fingerprint density at radius 2 is 1.88 bits per heavy atom. The molecule has 3 atom stereocenters. The van der Waals surface area contributed by atoms with Gasteiger partial charge in [-0.2, -0.15) is 0 Å². The quantitative estimate of drug-likeness (QED) is 0.500. The van der Waals surface area contributed by atoms with Crippen LogP contribution in [0.3, 0.4) is 0 Å². The molecule has 16 heavy (non-hydrogen) atoms. The Balaban J connectivity index is 4.00. The van der Waals surface area contributed by atoms with Crippen molar-refractivity contribution in [2.24, 2.45) is 5.73 Å². The van der Waals surface area contributed by atoms with Crippen molar-refractivity contribution in [1.29, 1.82) is 0 Å². The molecular weight excluding hydrogens is 218 g/mol. The first-order chi connectivity index (χ1) is 7.38. The Labute approximate surface area is 93.5 Å². The number of nitrogens with two attached hydrogens (primary N) is 1. The van der Waals surface area contributed by atoms with E-state index in [0.29, 0.717) is 0 Å². The summed E-state index contributed by atoms with van der Waals surface area (Å²) >= 11 is 0. The van der Waals surface area contributed by atoms with E-state index in [1.165, 1.54) is 13.8 Å². The van der Waals surface area contributed by atoms with Gasteiger partial charge >= 0.3 is 12.1 Å². The van der Waals surface area contributed by atoms with Gasteiger partial charge in [0.1, 0.15) is 6.04 Å². The van der Waals surface area contributed by atoms with E-state index in [1.807, 2.05) is 0 Å². The molecule has 0 fully saturated rings. The largest absolute Gasteiger partial charge is 0.511 e. The zero-order valence-electron chi connectivity index (χ0n) is 9.50. The summed E-state index contributed by atoms with van der Waals surface area (Å²) < 4.78 is 13.7. The van der Waals surface area contributed by atoms with E-state index < -0.39 is 30.6 Å². The Bertz CT molecular complexity index is 242. The molecule has 3 N–H and O–H groups in total. The lowest BCUT2D eigenvalue weighted by molar-refractivity contribution is -0.171. The Morgan fingerprint density at radius 3 is 2.31 bits per heavy atom. The van der Waals surface area contributed by atoms with Gasteiger partial charge in [0.15, 0.2) is 0 Å². The third-order valence-corrected chi connectivity index (χ3v) is 1.60. The predicted octanol–water partition coefficient (Wildman–Crippen LogP) is -0.243. The van der Waals surface area contributed by atoms with Gasteiger partial charge in [-0.05, 0) is 13.8 Å². The van der Waals surface area contributed by atoms with Crippen LogP contribution in [-0.4, -0.2) is 42.3 Å². The summed E-state index contributed by atoms with van der Waals surface area (Å²) in [6, 6.07) is -1.17. The molecule has 0 aliphatic rings. The molecule has 0 aliphatic heterocycles. The molecule has 0 spiro atoms. The van der Waals surface area contributed by atoms with Crippen LogP contribution in [0, 0.1) is 0 Å². The zero-order valence-corrected chi connectivity index (χ0v) is 9.50. The van der Waals surface area contributed by atoms with Gasteiger partial charge in [-0.15, -0.1) is 0 Å². The second-order valence-electron chi connectivity index (χ2n) is 3.07. The van der Waals surface area contributed by atoms with Crippen LogP contribution in [0.25, 0.3) is 0 Å². The highest BCUT2D eigenvalue weighted by molar-refractivity contribution is 5.76. The molecule has 0 radical (unpaired) electrons. The summed E-state index contributed by atoms with van der Waals surface area (Å²) in [5, 5.41) is 9.01. The van der Waals surface area contributed by atoms with E-state index >= 15 is 0 Å². The van der Waals surface area contributed by atoms with Crippen LogP contribution in [0.4, 0.5) is 4.79 Å². The van der Waals surface area contributed by atoms with Gasteiger partial charge in [0.05, 0.1) is 12.7 Å². The lowest BCUT2D eigenvalue weighted by Crippen LogP contribution is -2.43. The van der Waals surface area contributed by atoms with E-state index in [-0.39, 0.29) is 6.61 Å². The van der Waals surface area contributed by atoms with Crippen molar-refractivity contribution in [2.75, 3.05) is 6.61 Å². The van der Waals surface area contributed by atoms with Crippen molar-refractivity contribution < 1.29 is 28.9 Å². The van der Waals surface area contributed by atoms with Crippen LogP contribution in [0.5, 0.6) is 0 Å². The van der Waals surface area contributed by atoms with Crippen LogP contribution >= 0.6 is 0 Å². The van der Waals surface area contributed by atoms with Crippen LogP contribution in [-0.2, 0) is 19.0 Å². The van der Waals surface area contributed by atoms with Crippen molar-refractivity contribution in [3.8, 4) is 0 Å². The van der Waals surface area contributed by atoms with Crippen LogP contribution in [0.1, 0.15) is 20.8 Å². The Hall–Kier alpha value is -1.34. The maximum Gasteiger partial charge on any atom is 0.511 e. The molecule has 0 aromatic carbocycles. The average Bonchev–Trinajstić information content (AvgIpc) is 2.16. The summed E-state index contributed by atoms with van der Waals surface area (Å²) in [5.74, 6) is -0.855. The standard InChI is InChI=1S/C9H17NO6/c1-4-14-9(13)16-6(3)15-8(12)7(10)5(2)11/h5-7,11H,4,10H2,1-3H3. The first-order valence-electron chi connectivity index (χ1n) is 4.86. The highest BCUT2D eigenvalue weighted by Crippen LogP contribution is 2.01. The molecule has 0 saturated carbocycles. The third kappa shape index (κ3) is 5.52.